The Morgan fingerprint density at radius 3 is 2.45 bits per heavy atom. The molecule has 0 aliphatic rings. The zero-order valence-corrected chi connectivity index (χ0v) is 14.2. The molecule has 0 fully saturated rings. The Balaban J connectivity index is 2.00. The number of hydrogen-bond donors (Lipinski definition) is 1. The summed E-state index contributed by atoms with van der Waals surface area (Å²) >= 11 is 1.87. The summed E-state index contributed by atoms with van der Waals surface area (Å²) in [6, 6.07) is 8.75. The van der Waals surface area contributed by atoms with Crippen molar-refractivity contribution in [1.29, 1.82) is 0 Å². The molecular formula is C18H27NS. The Hall–Kier alpha value is -0.860. The van der Waals surface area contributed by atoms with E-state index in [0.717, 1.165) is 13.0 Å². The van der Waals surface area contributed by atoms with Crippen molar-refractivity contribution in [3.63, 3.8) is 0 Å². The summed E-state index contributed by atoms with van der Waals surface area (Å²) in [5.74, 6) is 0. The van der Waals surface area contributed by atoms with Gasteiger partial charge in [0.05, 0.1) is 0 Å². The normalized spacial score (nSPS) is 13.1. The minimum Gasteiger partial charge on any atom is -0.312 e. The third-order valence-electron chi connectivity index (χ3n) is 3.69. The molecule has 0 saturated heterocycles. The van der Waals surface area contributed by atoms with E-state index < -0.39 is 0 Å². The molecule has 0 unspecified atom stereocenters. The van der Waals surface area contributed by atoms with E-state index in [1.807, 2.05) is 11.3 Å². The molecule has 110 valence electrons. The van der Waals surface area contributed by atoms with Gasteiger partial charge in [-0.05, 0) is 68.0 Å². The van der Waals surface area contributed by atoms with Crippen LogP contribution in [-0.2, 0) is 6.42 Å². The molecule has 0 atom stereocenters. The number of rotatable bonds is 5. The van der Waals surface area contributed by atoms with E-state index in [1.165, 1.54) is 22.1 Å². The Bertz CT molecular complexity index is 560. The average Bonchev–Trinajstić information content (AvgIpc) is 2.70. The van der Waals surface area contributed by atoms with E-state index in [2.05, 4.69) is 69.6 Å². The number of benzene rings is 1. The maximum atomic E-state index is 3.60. The van der Waals surface area contributed by atoms with Gasteiger partial charge in [-0.1, -0.05) is 32.0 Å². The van der Waals surface area contributed by atoms with Crippen molar-refractivity contribution in [2.24, 2.45) is 5.41 Å². The Labute approximate surface area is 127 Å². The van der Waals surface area contributed by atoms with Crippen molar-refractivity contribution < 1.29 is 0 Å². The number of fused-ring (bicyclic) bond motifs is 1. The lowest BCUT2D eigenvalue weighted by Gasteiger charge is -2.28. The molecule has 1 N–H and O–H groups in total. The summed E-state index contributed by atoms with van der Waals surface area (Å²) in [7, 11) is 0. The number of hydrogen-bond acceptors (Lipinski definition) is 2. The first-order valence-electron chi connectivity index (χ1n) is 7.47. The van der Waals surface area contributed by atoms with Gasteiger partial charge in [0.1, 0.15) is 0 Å². The van der Waals surface area contributed by atoms with Gasteiger partial charge >= 0.3 is 0 Å². The van der Waals surface area contributed by atoms with Gasteiger partial charge in [0.2, 0.25) is 0 Å². The van der Waals surface area contributed by atoms with Crippen molar-refractivity contribution >= 4 is 21.4 Å². The summed E-state index contributed by atoms with van der Waals surface area (Å²) in [4.78, 5) is 0. The SMILES string of the molecule is CC(C)(CCNC(C)(C)C)Cc1csc2ccccc12. The quantitative estimate of drug-likeness (QED) is 0.793. The van der Waals surface area contributed by atoms with Crippen LogP contribution in [0.3, 0.4) is 0 Å². The van der Waals surface area contributed by atoms with Crippen LogP contribution in [0.5, 0.6) is 0 Å². The summed E-state index contributed by atoms with van der Waals surface area (Å²) in [6.07, 6.45) is 2.36. The minimum atomic E-state index is 0.213. The van der Waals surface area contributed by atoms with E-state index in [-0.39, 0.29) is 5.54 Å². The molecule has 20 heavy (non-hydrogen) atoms. The first-order valence-corrected chi connectivity index (χ1v) is 8.35. The molecule has 1 aromatic heterocycles. The second kappa shape index (κ2) is 5.87. The molecular weight excluding hydrogens is 262 g/mol. The Morgan fingerprint density at radius 2 is 1.75 bits per heavy atom. The summed E-state index contributed by atoms with van der Waals surface area (Å²) in [6.45, 7) is 12.5. The lowest BCUT2D eigenvalue weighted by molar-refractivity contribution is 0.303. The molecule has 0 saturated carbocycles. The molecule has 1 aromatic carbocycles. The van der Waals surface area contributed by atoms with Crippen LogP contribution >= 0.6 is 11.3 Å². The molecule has 1 heterocycles. The summed E-state index contributed by atoms with van der Waals surface area (Å²) in [5, 5.41) is 7.37. The highest BCUT2D eigenvalue weighted by molar-refractivity contribution is 7.17. The molecule has 2 rings (SSSR count). The van der Waals surface area contributed by atoms with Crippen LogP contribution in [0.2, 0.25) is 0 Å². The van der Waals surface area contributed by atoms with E-state index >= 15 is 0 Å². The van der Waals surface area contributed by atoms with Crippen LogP contribution in [-0.4, -0.2) is 12.1 Å². The molecule has 0 bridgehead atoms. The number of thiophene rings is 1. The van der Waals surface area contributed by atoms with Crippen molar-refractivity contribution in [2.75, 3.05) is 6.54 Å². The fourth-order valence-electron chi connectivity index (χ4n) is 2.55. The third-order valence-corrected chi connectivity index (χ3v) is 4.70. The molecule has 1 nitrogen and oxygen atoms in total. The van der Waals surface area contributed by atoms with Crippen molar-refractivity contribution in [1.82, 2.24) is 5.32 Å². The maximum Gasteiger partial charge on any atom is 0.0345 e. The molecule has 2 heteroatoms. The van der Waals surface area contributed by atoms with Gasteiger partial charge in [-0.15, -0.1) is 11.3 Å². The lowest BCUT2D eigenvalue weighted by Crippen LogP contribution is -2.38. The van der Waals surface area contributed by atoms with Gasteiger partial charge in [0.15, 0.2) is 0 Å². The zero-order valence-electron chi connectivity index (χ0n) is 13.4. The average molecular weight is 289 g/mol. The van der Waals surface area contributed by atoms with Gasteiger partial charge in [-0.2, -0.15) is 0 Å². The minimum absolute atomic E-state index is 0.213. The van der Waals surface area contributed by atoms with E-state index in [1.54, 1.807) is 0 Å². The highest BCUT2D eigenvalue weighted by Crippen LogP contribution is 2.33. The van der Waals surface area contributed by atoms with Crippen LogP contribution < -0.4 is 5.32 Å². The predicted octanol–water partition coefficient (Wildman–Crippen LogP) is 5.25. The van der Waals surface area contributed by atoms with E-state index in [0.29, 0.717) is 5.41 Å². The summed E-state index contributed by atoms with van der Waals surface area (Å²) < 4.78 is 1.41. The van der Waals surface area contributed by atoms with Crippen LogP contribution in [0.25, 0.3) is 10.1 Å². The fraction of sp³-hybridized carbons (Fsp3) is 0.556. The first-order chi connectivity index (χ1) is 9.27. The Kier molecular flexibility index (Phi) is 4.55. The van der Waals surface area contributed by atoms with Crippen molar-refractivity contribution in [3.8, 4) is 0 Å². The third kappa shape index (κ3) is 4.32. The highest BCUT2D eigenvalue weighted by atomic mass is 32.1. The van der Waals surface area contributed by atoms with E-state index in [4.69, 9.17) is 0 Å². The lowest BCUT2D eigenvalue weighted by atomic mass is 9.82. The van der Waals surface area contributed by atoms with Crippen LogP contribution in [0, 0.1) is 5.41 Å². The van der Waals surface area contributed by atoms with Gasteiger partial charge in [0.25, 0.3) is 0 Å². The summed E-state index contributed by atoms with van der Waals surface area (Å²) in [5.41, 5.74) is 2.05. The largest absolute Gasteiger partial charge is 0.312 e. The molecule has 0 amide bonds. The molecule has 0 aliphatic heterocycles. The van der Waals surface area contributed by atoms with E-state index in [9.17, 15) is 0 Å². The molecule has 2 aromatic rings. The van der Waals surface area contributed by atoms with Crippen molar-refractivity contribution in [2.45, 2.75) is 53.0 Å². The second-order valence-corrected chi connectivity index (χ2v) is 8.44. The van der Waals surface area contributed by atoms with Gasteiger partial charge in [-0.25, -0.2) is 0 Å². The van der Waals surface area contributed by atoms with Crippen LogP contribution in [0.4, 0.5) is 0 Å². The standard InChI is InChI=1S/C18H27NS/c1-17(2,3)19-11-10-18(4,5)12-14-13-20-16-9-7-6-8-15(14)16/h6-9,13,19H,10-12H2,1-5H3. The predicted molar refractivity (Wildman–Crippen MR) is 91.7 cm³/mol. The molecule has 0 radical (unpaired) electrons. The monoisotopic (exact) mass is 289 g/mol. The van der Waals surface area contributed by atoms with Gasteiger partial charge in [-0.3, -0.25) is 0 Å². The second-order valence-electron chi connectivity index (χ2n) is 7.52. The van der Waals surface area contributed by atoms with Gasteiger partial charge < -0.3 is 5.32 Å². The van der Waals surface area contributed by atoms with Crippen molar-refractivity contribution in [3.05, 3.63) is 35.2 Å². The fourth-order valence-corrected chi connectivity index (χ4v) is 3.51. The highest BCUT2D eigenvalue weighted by Gasteiger charge is 2.21. The Morgan fingerprint density at radius 1 is 1.05 bits per heavy atom. The van der Waals surface area contributed by atoms with Crippen LogP contribution in [0.15, 0.2) is 29.6 Å². The first kappa shape index (κ1) is 15.5. The molecule has 0 spiro atoms. The topological polar surface area (TPSA) is 12.0 Å². The number of nitrogens with one attached hydrogen (secondary N) is 1. The van der Waals surface area contributed by atoms with Gasteiger partial charge in [0, 0.05) is 10.2 Å². The smallest absolute Gasteiger partial charge is 0.0345 e. The zero-order chi connectivity index (χ0) is 14.8. The molecule has 0 aliphatic carbocycles. The van der Waals surface area contributed by atoms with Crippen LogP contribution in [0.1, 0.15) is 46.6 Å². The maximum absolute atomic E-state index is 3.60.